The molecule has 0 unspecified atom stereocenters. The zero-order chi connectivity index (χ0) is 17.1. The van der Waals surface area contributed by atoms with Gasteiger partial charge in [-0.25, -0.2) is 4.98 Å². The third kappa shape index (κ3) is 3.40. The first-order valence-corrected chi connectivity index (χ1v) is 7.49. The SMILES string of the molecule is Cc1ncc(-c2ccc(OC(F)F)c(-c3ccccc3)c2)nc1C. The molecule has 0 saturated carbocycles. The maximum atomic E-state index is 12.7. The van der Waals surface area contributed by atoms with Crippen LogP contribution in [0.2, 0.25) is 0 Å². The molecule has 3 rings (SSSR count). The summed E-state index contributed by atoms with van der Waals surface area (Å²) in [6.07, 6.45) is 1.68. The summed E-state index contributed by atoms with van der Waals surface area (Å²) in [5.74, 6) is 0.136. The fourth-order valence-electron chi connectivity index (χ4n) is 2.41. The largest absolute Gasteiger partial charge is 0.434 e. The molecule has 1 aromatic heterocycles. The summed E-state index contributed by atoms with van der Waals surface area (Å²) >= 11 is 0. The van der Waals surface area contributed by atoms with Gasteiger partial charge in [-0.3, -0.25) is 4.98 Å². The van der Waals surface area contributed by atoms with E-state index in [0.29, 0.717) is 11.3 Å². The summed E-state index contributed by atoms with van der Waals surface area (Å²) in [4.78, 5) is 8.83. The number of aromatic nitrogens is 2. The number of hydrogen-bond acceptors (Lipinski definition) is 3. The van der Waals surface area contributed by atoms with Crippen LogP contribution in [0.25, 0.3) is 22.4 Å². The number of hydrogen-bond donors (Lipinski definition) is 0. The predicted molar refractivity (Wildman–Crippen MR) is 89.0 cm³/mol. The topological polar surface area (TPSA) is 35.0 Å². The first kappa shape index (κ1) is 16.1. The van der Waals surface area contributed by atoms with Gasteiger partial charge in [-0.2, -0.15) is 8.78 Å². The number of rotatable bonds is 4. The molecule has 0 fully saturated rings. The molecule has 1 heterocycles. The summed E-state index contributed by atoms with van der Waals surface area (Å²) in [7, 11) is 0. The van der Waals surface area contributed by atoms with Crippen molar-refractivity contribution in [3.05, 3.63) is 66.1 Å². The van der Waals surface area contributed by atoms with Crippen molar-refractivity contribution in [2.75, 3.05) is 0 Å². The Hall–Kier alpha value is -2.82. The number of benzene rings is 2. The van der Waals surface area contributed by atoms with E-state index in [4.69, 9.17) is 0 Å². The van der Waals surface area contributed by atoms with Gasteiger partial charge in [-0.15, -0.1) is 0 Å². The van der Waals surface area contributed by atoms with Crippen LogP contribution in [0.5, 0.6) is 5.75 Å². The number of alkyl halides is 2. The Balaban J connectivity index is 2.11. The van der Waals surface area contributed by atoms with Crippen molar-refractivity contribution in [2.24, 2.45) is 0 Å². The van der Waals surface area contributed by atoms with E-state index in [1.54, 1.807) is 24.4 Å². The molecule has 5 heteroatoms. The van der Waals surface area contributed by atoms with E-state index in [1.807, 2.05) is 44.2 Å². The van der Waals surface area contributed by atoms with Gasteiger partial charge in [-0.05, 0) is 37.6 Å². The Morgan fingerprint density at radius 3 is 2.33 bits per heavy atom. The monoisotopic (exact) mass is 326 g/mol. The van der Waals surface area contributed by atoms with E-state index in [2.05, 4.69) is 14.7 Å². The minimum atomic E-state index is -2.88. The molecule has 3 nitrogen and oxygen atoms in total. The lowest BCUT2D eigenvalue weighted by Gasteiger charge is -2.13. The molecule has 0 aliphatic rings. The molecule has 0 aliphatic carbocycles. The van der Waals surface area contributed by atoms with Gasteiger partial charge in [0, 0.05) is 11.1 Å². The van der Waals surface area contributed by atoms with Crippen LogP contribution in [0.3, 0.4) is 0 Å². The zero-order valence-corrected chi connectivity index (χ0v) is 13.3. The lowest BCUT2D eigenvalue weighted by Crippen LogP contribution is -2.03. The van der Waals surface area contributed by atoms with Gasteiger partial charge in [0.15, 0.2) is 0 Å². The number of ether oxygens (including phenoxy) is 1. The second-order valence-electron chi connectivity index (χ2n) is 5.38. The van der Waals surface area contributed by atoms with E-state index in [9.17, 15) is 8.78 Å². The maximum Gasteiger partial charge on any atom is 0.387 e. The van der Waals surface area contributed by atoms with E-state index in [-0.39, 0.29) is 5.75 Å². The highest BCUT2D eigenvalue weighted by Gasteiger charge is 2.13. The van der Waals surface area contributed by atoms with Crippen LogP contribution in [0.15, 0.2) is 54.7 Å². The van der Waals surface area contributed by atoms with Gasteiger partial charge >= 0.3 is 6.61 Å². The molecular weight excluding hydrogens is 310 g/mol. The first-order chi connectivity index (χ1) is 11.5. The van der Waals surface area contributed by atoms with Crippen LogP contribution in [0, 0.1) is 13.8 Å². The Labute approximate surface area is 139 Å². The van der Waals surface area contributed by atoms with Gasteiger partial charge in [-0.1, -0.05) is 30.3 Å². The number of halogens is 2. The molecule has 0 saturated heterocycles. The molecule has 0 radical (unpaired) electrons. The van der Waals surface area contributed by atoms with E-state index < -0.39 is 6.61 Å². The lowest BCUT2D eigenvalue weighted by atomic mass is 10.0. The molecule has 24 heavy (non-hydrogen) atoms. The summed E-state index contributed by atoms with van der Waals surface area (Å²) < 4.78 is 30.0. The summed E-state index contributed by atoms with van der Waals surface area (Å²) in [5, 5.41) is 0. The number of nitrogens with zero attached hydrogens (tertiary/aromatic N) is 2. The van der Waals surface area contributed by atoms with Gasteiger partial charge in [0.05, 0.1) is 23.3 Å². The van der Waals surface area contributed by atoms with E-state index in [1.165, 1.54) is 0 Å². The maximum absolute atomic E-state index is 12.7. The van der Waals surface area contributed by atoms with Crippen LogP contribution >= 0.6 is 0 Å². The summed E-state index contributed by atoms with van der Waals surface area (Å²) in [5.41, 5.74) is 4.58. The third-order valence-corrected chi connectivity index (χ3v) is 3.77. The van der Waals surface area contributed by atoms with Crippen LogP contribution in [-0.4, -0.2) is 16.6 Å². The van der Waals surface area contributed by atoms with Crippen molar-refractivity contribution >= 4 is 0 Å². The fourth-order valence-corrected chi connectivity index (χ4v) is 2.41. The number of aryl methyl sites for hydroxylation is 2. The Kier molecular flexibility index (Phi) is 4.51. The van der Waals surface area contributed by atoms with Crippen LogP contribution in [0.1, 0.15) is 11.4 Å². The molecule has 0 bridgehead atoms. The van der Waals surface area contributed by atoms with Crippen LogP contribution < -0.4 is 4.74 Å². The Morgan fingerprint density at radius 2 is 1.67 bits per heavy atom. The average Bonchev–Trinajstić information content (AvgIpc) is 2.58. The molecular formula is C19H16F2N2O. The van der Waals surface area contributed by atoms with Gasteiger partial charge in [0.1, 0.15) is 5.75 Å². The smallest absolute Gasteiger partial charge is 0.387 e. The second kappa shape index (κ2) is 6.74. The Bertz CT molecular complexity index is 851. The highest BCUT2D eigenvalue weighted by molar-refractivity contribution is 5.76. The summed E-state index contributed by atoms with van der Waals surface area (Å²) in [6, 6.07) is 14.3. The molecule has 0 spiro atoms. The standard InChI is InChI=1S/C19H16F2N2O/c1-12-13(2)23-17(11-22-12)15-8-9-18(24-19(20)21)16(10-15)14-6-4-3-5-7-14/h3-11,19H,1-2H3. The lowest BCUT2D eigenvalue weighted by molar-refractivity contribution is -0.0494. The van der Waals surface area contributed by atoms with Crippen molar-refractivity contribution < 1.29 is 13.5 Å². The van der Waals surface area contributed by atoms with Crippen molar-refractivity contribution in [3.8, 4) is 28.1 Å². The van der Waals surface area contributed by atoms with E-state index >= 15 is 0 Å². The van der Waals surface area contributed by atoms with E-state index in [0.717, 1.165) is 22.5 Å². The highest BCUT2D eigenvalue weighted by atomic mass is 19.3. The average molecular weight is 326 g/mol. The van der Waals surface area contributed by atoms with Crippen LogP contribution in [0.4, 0.5) is 8.78 Å². The first-order valence-electron chi connectivity index (χ1n) is 7.49. The molecule has 122 valence electrons. The molecule has 0 amide bonds. The van der Waals surface area contributed by atoms with Gasteiger partial charge in [0.2, 0.25) is 0 Å². The van der Waals surface area contributed by atoms with Crippen molar-refractivity contribution in [2.45, 2.75) is 20.5 Å². The van der Waals surface area contributed by atoms with Crippen molar-refractivity contribution in [1.29, 1.82) is 0 Å². The summed E-state index contributed by atoms with van der Waals surface area (Å²) in [6.45, 7) is 0.902. The normalized spacial score (nSPS) is 10.9. The molecule has 3 aromatic rings. The predicted octanol–water partition coefficient (Wildman–Crippen LogP) is 5.03. The Morgan fingerprint density at radius 1 is 0.917 bits per heavy atom. The molecule has 0 atom stereocenters. The fraction of sp³-hybridized carbons (Fsp3) is 0.158. The van der Waals surface area contributed by atoms with Crippen molar-refractivity contribution in [1.82, 2.24) is 9.97 Å². The molecule has 0 aliphatic heterocycles. The quantitative estimate of drug-likeness (QED) is 0.674. The van der Waals surface area contributed by atoms with Gasteiger partial charge < -0.3 is 4.74 Å². The molecule has 2 aromatic carbocycles. The van der Waals surface area contributed by atoms with Crippen molar-refractivity contribution in [3.63, 3.8) is 0 Å². The minimum absolute atomic E-state index is 0.136. The minimum Gasteiger partial charge on any atom is -0.434 e. The highest BCUT2D eigenvalue weighted by Crippen LogP contribution is 2.34. The third-order valence-electron chi connectivity index (χ3n) is 3.77. The van der Waals surface area contributed by atoms with Crippen LogP contribution in [-0.2, 0) is 0 Å². The zero-order valence-electron chi connectivity index (χ0n) is 13.3. The molecule has 0 N–H and O–H groups in total. The second-order valence-corrected chi connectivity index (χ2v) is 5.38. The van der Waals surface area contributed by atoms with Gasteiger partial charge in [0.25, 0.3) is 0 Å².